The average molecular weight is 245 g/mol. The van der Waals surface area contributed by atoms with Crippen LogP contribution >= 0.6 is 0 Å². The molecule has 1 fully saturated rings. The predicted molar refractivity (Wildman–Crippen MR) is 73.1 cm³/mol. The number of anilines is 1. The second kappa shape index (κ2) is 3.90. The molecule has 1 unspecified atom stereocenters. The summed E-state index contributed by atoms with van der Waals surface area (Å²) in [5, 5.41) is 0. The number of nitrogens with zero attached hydrogens (tertiary/aromatic N) is 2. The zero-order valence-electron chi connectivity index (χ0n) is 10.9. The highest BCUT2D eigenvalue weighted by atomic mass is 16.5. The van der Waals surface area contributed by atoms with Crippen molar-refractivity contribution in [1.82, 2.24) is 0 Å². The van der Waals surface area contributed by atoms with Gasteiger partial charge in [0.05, 0.1) is 19.2 Å². The summed E-state index contributed by atoms with van der Waals surface area (Å²) in [4.78, 5) is 6.62. The van der Waals surface area contributed by atoms with Crippen molar-refractivity contribution in [1.29, 1.82) is 0 Å². The van der Waals surface area contributed by atoms with E-state index in [2.05, 4.69) is 16.8 Å². The maximum absolute atomic E-state index is 6.07. The summed E-state index contributed by atoms with van der Waals surface area (Å²) in [5.41, 5.74) is 7.22. The first-order valence-electron chi connectivity index (χ1n) is 6.39. The molecule has 2 N–H and O–H groups in total. The summed E-state index contributed by atoms with van der Waals surface area (Å²) in [7, 11) is 1.68. The summed E-state index contributed by atoms with van der Waals surface area (Å²) in [5.74, 6) is 2.21. The van der Waals surface area contributed by atoms with E-state index in [1.54, 1.807) is 7.11 Å². The number of nitrogens with two attached hydrogens (primary N) is 1. The molecule has 0 spiro atoms. The van der Waals surface area contributed by atoms with Crippen LogP contribution in [-0.2, 0) is 0 Å². The minimum atomic E-state index is 0.0542. The molecular formula is C14H19N3O. The Kier molecular flexibility index (Phi) is 2.47. The molecule has 0 aromatic heterocycles. The summed E-state index contributed by atoms with van der Waals surface area (Å²) >= 11 is 0. The molecule has 0 radical (unpaired) electrons. The summed E-state index contributed by atoms with van der Waals surface area (Å²) in [6.45, 7) is 3.06. The van der Waals surface area contributed by atoms with Gasteiger partial charge < -0.3 is 15.4 Å². The van der Waals surface area contributed by atoms with Crippen molar-refractivity contribution in [3.05, 3.63) is 24.3 Å². The van der Waals surface area contributed by atoms with E-state index in [0.29, 0.717) is 11.9 Å². The van der Waals surface area contributed by atoms with Crippen molar-refractivity contribution in [3.63, 3.8) is 0 Å². The van der Waals surface area contributed by atoms with Crippen molar-refractivity contribution in [2.75, 3.05) is 18.6 Å². The lowest BCUT2D eigenvalue weighted by Gasteiger charge is -2.36. The van der Waals surface area contributed by atoms with E-state index in [1.807, 2.05) is 24.3 Å². The second-order valence-electron chi connectivity index (χ2n) is 5.34. The van der Waals surface area contributed by atoms with Crippen LogP contribution in [0.4, 0.5) is 5.69 Å². The Morgan fingerprint density at radius 2 is 2.00 bits per heavy atom. The molecule has 1 aliphatic heterocycles. The molecule has 1 aromatic carbocycles. The molecule has 1 saturated carbocycles. The molecule has 4 nitrogen and oxygen atoms in total. The average Bonchev–Trinajstić information content (AvgIpc) is 3.18. The van der Waals surface area contributed by atoms with Gasteiger partial charge in [0.15, 0.2) is 5.96 Å². The molecule has 0 amide bonds. The predicted octanol–water partition coefficient (Wildman–Crippen LogP) is 2.00. The van der Waals surface area contributed by atoms with Gasteiger partial charge in [-0.05, 0) is 49.9 Å². The largest absolute Gasteiger partial charge is 0.497 e. The lowest BCUT2D eigenvalue weighted by atomic mass is 9.94. The van der Waals surface area contributed by atoms with Gasteiger partial charge in [-0.15, -0.1) is 0 Å². The van der Waals surface area contributed by atoms with Crippen LogP contribution in [0.5, 0.6) is 5.75 Å². The minimum absolute atomic E-state index is 0.0542. The van der Waals surface area contributed by atoms with E-state index in [-0.39, 0.29) is 5.54 Å². The second-order valence-corrected chi connectivity index (χ2v) is 5.34. The Morgan fingerprint density at radius 3 is 2.56 bits per heavy atom. The van der Waals surface area contributed by atoms with Gasteiger partial charge in [-0.25, -0.2) is 0 Å². The summed E-state index contributed by atoms with van der Waals surface area (Å²) in [6.07, 6.45) is 2.57. The third-order valence-corrected chi connectivity index (χ3v) is 4.09. The summed E-state index contributed by atoms with van der Waals surface area (Å²) < 4.78 is 5.19. The molecule has 18 heavy (non-hydrogen) atoms. The lowest BCUT2D eigenvalue weighted by Crippen LogP contribution is -2.51. The molecular weight excluding hydrogens is 226 g/mol. The zero-order chi connectivity index (χ0) is 12.8. The highest BCUT2D eigenvalue weighted by Gasteiger charge is 2.49. The van der Waals surface area contributed by atoms with Crippen LogP contribution in [-0.4, -0.2) is 25.2 Å². The fraction of sp³-hybridized carbons (Fsp3) is 0.500. The Bertz CT molecular complexity index is 478. The first-order valence-corrected chi connectivity index (χ1v) is 6.39. The number of aliphatic imine (C=N–C) groups is 1. The number of benzene rings is 1. The van der Waals surface area contributed by atoms with Gasteiger partial charge in [-0.1, -0.05) is 0 Å². The topological polar surface area (TPSA) is 50.9 Å². The van der Waals surface area contributed by atoms with Crippen molar-refractivity contribution < 1.29 is 4.74 Å². The molecule has 1 aromatic rings. The number of ether oxygens (including phenoxy) is 1. The quantitative estimate of drug-likeness (QED) is 0.886. The maximum Gasteiger partial charge on any atom is 0.196 e. The molecule has 2 aliphatic rings. The number of guanidine groups is 1. The smallest absolute Gasteiger partial charge is 0.196 e. The number of hydrogen-bond acceptors (Lipinski definition) is 4. The molecule has 1 atom stereocenters. The molecule has 3 rings (SSSR count). The molecule has 96 valence electrons. The molecule has 0 saturated heterocycles. The van der Waals surface area contributed by atoms with Crippen LogP contribution in [0.25, 0.3) is 0 Å². The minimum Gasteiger partial charge on any atom is -0.497 e. The standard InChI is InChI=1S/C14H19N3O/c1-14(10-3-4-10)9-16-13(15)17(14)11-5-7-12(18-2)8-6-11/h5-8,10H,3-4,9H2,1-2H3,(H2,15,16). The molecule has 4 heteroatoms. The van der Waals surface area contributed by atoms with Crippen LogP contribution in [0.1, 0.15) is 19.8 Å². The normalized spacial score (nSPS) is 27.2. The van der Waals surface area contributed by atoms with E-state index in [4.69, 9.17) is 10.5 Å². The van der Waals surface area contributed by atoms with Gasteiger partial charge in [0.1, 0.15) is 5.75 Å². The van der Waals surface area contributed by atoms with Gasteiger partial charge in [0.2, 0.25) is 0 Å². The SMILES string of the molecule is COc1ccc(N2C(N)=NCC2(C)C2CC2)cc1. The van der Waals surface area contributed by atoms with E-state index < -0.39 is 0 Å². The number of rotatable bonds is 3. The molecule has 1 aliphatic carbocycles. The highest BCUT2D eigenvalue weighted by Crippen LogP contribution is 2.46. The fourth-order valence-corrected chi connectivity index (χ4v) is 2.82. The van der Waals surface area contributed by atoms with Crippen LogP contribution in [0.15, 0.2) is 29.3 Å². The third-order valence-electron chi connectivity index (χ3n) is 4.09. The fourth-order valence-electron chi connectivity index (χ4n) is 2.82. The van der Waals surface area contributed by atoms with Crippen molar-refractivity contribution >= 4 is 11.6 Å². The third kappa shape index (κ3) is 1.64. The van der Waals surface area contributed by atoms with Crippen molar-refractivity contribution in [3.8, 4) is 5.75 Å². The Balaban J connectivity index is 1.94. The highest BCUT2D eigenvalue weighted by molar-refractivity contribution is 5.98. The van der Waals surface area contributed by atoms with Gasteiger partial charge in [0.25, 0.3) is 0 Å². The van der Waals surface area contributed by atoms with Crippen molar-refractivity contribution in [2.45, 2.75) is 25.3 Å². The Labute approximate surface area is 107 Å². The molecule has 1 heterocycles. The van der Waals surface area contributed by atoms with Gasteiger partial charge in [0, 0.05) is 5.69 Å². The zero-order valence-corrected chi connectivity index (χ0v) is 10.9. The summed E-state index contributed by atoms with van der Waals surface area (Å²) in [6, 6.07) is 8.03. The van der Waals surface area contributed by atoms with E-state index in [0.717, 1.165) is 18.0 Å². The van der Waals surface area contributed by atoms with Crippen LogP contribution < -0.4 is 15.4 Å². The first-order chi connectivity index (χ1) is 8.65. The number of hydrogen-bond donors (Lipinski definition) is 1. The van der Waals surface area contributed by atoms with Crippen molar-refractivity contribution in [2.24, 2.45) is 16.6 Å². The van der Waals surface area contributed by atoms with Gasteiger partial charge >= 0.3 is 0 Å². The number of methoxy groups -OCH3 is 1. The first kappa shape index (κ1) is 11.4. The van der Waals surface area contributed by atoms with Crippen LogP contribution in [0, 0.1) is 5.92 Å². The van der Waals surface area contributed by atoms with Gasteiger partial charge in [-0.2, -0.15) is 0 Å². The van der Waals surface area contributed by atoms with E-state index >= 15 is 0 Å². The Morgan fingerprint density at radius 1 is 1.33 bits per heavy atom. The monoisotopic (exact) mass is 245 g/mol. The van der Waals surface area contributed by atoms with Crippen LogP contribution in [0.2, 0.25) is 0 Å². The lowest BCUT2D eigenvalue weighted by molar-refractivity contribution is 0.414. The molecule has 0 bridgehead atoms. The van der Waals surface area contributed by atoms with Crippen LogP contribution in [0.3, 0.4) is 0 Å². The maximum atomic E-state index is 6.07. The Hall–Kier alpha value is -1.71. The van der Waals surface area contributed by atoms with E-state index in [1.165, 1.54) is 12.8 Å². The van der Waals surface area contributed by atoms with Gasteiger partial charge in [-0.3, -0.25) is 4.99 Å². The van der Waals surface area contributed by atoms with E-state index in [9.17, 15) is 0 Å².